The van der Waals surface area contributed by atoms with E-state index in [-0.39, 0.29) is 23.7 Å². The van der Waals surface area contributed by atoms with Gasteiger partial charge in [0.25, 0.3) is 0 Å². The van der Waals surface area contributed by atoms with Gasteiger partial charge in [0.1, 0.15) is 5.75 Å². The van der Waals surface area contributed by atoms with Crippen LogP contribution in [0.4, 0.5) is 11.4 Å². The van der Waals surface area contributed by atoms with Crippen molar-refractivity contribution in [1.82, 2.24) is 5.32 Å². The molecule has 0 fully saturated rings. The van der Waals surface area contributed by atoms with Gasteiger partial charge in [-0.15, -0.1) is 0 Å². The fraction of sp³-hybridized carbons (Fsp3) is 0.344. The smallest absolute Gasteiger partial charge is 0.224 e. The van der Waals surface area contributed by atoms with E-state index in [1.54, 1.807) is 52.7 Å². The van der Waals surface area contributed by atoms with Gasteiger partial charge in [-0.25, -0.2) is 0 Å². The van der Waals surface area contributed by atoms with Crippen LogP contribution >= 0.6 is 0 Å². The summed E-state index contributed by atoms with van der Waals surface area (Å²) in [6, 6.07) is 13.9. The summed E-state index contributed by atoms with van der Waals surface area (Å²) >= 11 is 0. The third-order valence-corrected chi connectivity index (χ3v) is 7.19. The maximum Gasteiger partial charge on any atom is 0.224 e. The van der Waals surface area contributed by atoms with Gasteiger partial charge in [-0.1, -0.05) is 18.2 Å². The second-order valence-corrected chi connectivity index (χ2v) is 9.87. The van der Waals surface area contributed by atoms with Gasteiger partial charge in [0.05, 0.1) is 45.9 Å². The molecular weight excluding hydrogens is 538 g/mol. The lowest BCUT2D eigenvalue weighted by Crippen LogP contribution is -2.26. The molecule has 2 amide bonds. The molecule has 0 saturated carbocycles. The van der Waals surface area contributed by atoms with Gasteiger partial charge in [-0.2, -0.15) is 0 Å². The first-order valence-corrected chi connectivity index (χ1v) is 13.8. The number of aryl methyl sites for hydroxylation is 1. The number of hydrogen-bond acceptors (Lipinski definition) is 8. The summed E-state index contributed by atoms with van der Waals surface area (Å²) in [5.41, 5.74) is 3.93. The van der Waals surface area contributed by atoms with E-state index >= 15 is 0 Å². The minimum absolute atomic E-state index is 0.153. The molecule has 0 saturated heterocycles. The number of anilines is 2. The maximum atomic E-state index is 13.4. The van der Waals surface area contributed by atoms with Crippen LogP contribution in [0.25, 0.3) is 11.1 Å². The molecule has 0 spiro atoms. The van der Waals surface area contributed by atoms with Crippen molar-refractivity contribution in [3.8, 4) is 34.1 Å². The molecule has 1 aliphatic carbocycles. The van der Waals surface area contributed by atoms with Crippen LogP contribution in [0.5, 0.6) is 23.0 Å². The lowest BCUT2D eigenvalue weighted by Gasteiger charge is -2.19. The Bertz CT molecular complexity index is 1520. The molecule has 0 bridgehead atoms. The van der Waals surface area contributed by atoms with Crippen LogP contribution < -0.4 is 40.3 Å². The van der Waals surface area contributed by atoms with Crippen LogP contribution in [0.15, 0.2) is 53.3 Å². The summed E-state index contributed by atoms with van der Waals surface area (Å²) in [5.74, 6) is 1.72. The molecule has 42 heavy (non-hydrogen) atoms. The normalized spacial score (nSPS) is 13.5. The van der Waals surface area contributed by atoms with E-state index in [2.05, 4.69) is 16.0 Å². The molecular formula is C32H37N3O7. The number of carbonyl (C=O) groups is 2. The Kier molecular flexibility index (Phi) is 9.90. The topological polar surface area (TPSA) is 124 Å². The SMILES string of the molecule is COc1ccccc1NC(=O)CCCNc1ccc2c(cc1=O)[C@@H](NC(C)=O)CCc1cc(OC)c(OC)c(OC)c1-2. The molecule has 3 aromatic carbocycles. The first-order chi connectivity index (χ1) is 20.3. The number of fused-ring (bicyclic) bond motifs is 3. The number of para-hydroxylation sites is 2. The maximum absolute atomic E-state index is 13.4. The highest BCUT2D eigenvalue weighted by molar-refractivity contribution is 5.92. The molecule has 0 radical (unpaired) electrons. The molecule has 1 atom stereocenters. The molecule has 0 aliphatic heterocycles. The highest BCUT2D eigenvalue weighted by Gasteiger charge is 2.29. The summed E-state index contributed by atoms with van der Waals surface area (Å²) in [6.45, 7) is 1.87. The van der Waals surface area contributed by atoms with E-state index in [1.807, 2.05) is 24.3 Å². The fourth-order valence-electron chi connectivity index (χ4n) is 5.29. The third kappa shape index (κ3) is 6.59. The second kappa shape index (κ2) is 13.8. The molecule has 10 nitrogen and oxygen atoms in total. The summed E-state index contributed by atoms with van der Waals surface area (Å²) < 4.78 is 22.3. The average molecular weight is 576 g/mol. The van der Waals surface area contributed by atoms with Gasteiger partial charge >= 0.3 is 0 Å². The highest BCUT2D eigenvalue weighted by atomic mass is 16.5. The number of amides is 2. The van der Waals surface area contributed by atoms with Gasteiger partial charge in [-0.3, -0.25) is 14.4 Å². The third-order valence-electron chi connectivity index (χ3n) is 7.19. The quantitative estimate of drug-likeness (QED) is 0.281. The number of hydrogen-bond donors (Lipinski definition) is 3. The molecule has 4 rings (SSSR count). The fourth-order valence-corrected chi connectivity index (χ4v) is 5.29. The van der Waals surface area contributed by atoms with Crippen molar-refractivity contribution in [3.05, 3.63) is 69.9 Å². The van der Waals surface area contributed by atoms with E-state index in [4.69, 9.17) is 18.9 Å². The first kappa shape index (κ1) is 30.2. The van der Waals surface area contributed by atoms with Crippen LogP contribution in [-0.4, -0.2) is 46.8 Å². The molecule has 10 heteroatoms. The molecule has 222 valence electrons. The van der Waals surface area contributed by atoms with Gasteiger partial charge in [0.2, 0.25) is 23.0 Å². The molecule has 3 aromatic rings. The molecule has 0 heterocycles. The minimum Gasteiger partial charge on any atom is -0.495 e. The second-order valence-electron chi connectivity index (χ2n) is 9.87. The van der Waals surface area contributed by atoms with Crippen molar-refractivity contribution in [2.75, 3.05) is 45.6 Å². The van der Waals surface area contributed by atoms with Crippen LogP contribution in [0, 0.1) is 0 Å². The summed E-state index contributed by atoms with van der Waals surface area (Å²) in [6.07, 6.45) is 1.95. The van der Waals surface area contributed by atoms with Crippen LogP contribution in [0.1, 0.15) is 43.4 Å². The Morgan fingerprint density at radius 3 is 2.31 bits per heavy atom. The number of ether oxygens (including phenoxy) is 4. The van der Waals surface area contributed by atoms with Gasteiger partial charge in [0.15, 0.2) is 11.5 Å². The zero-order valence-electron chi connectivity index (χ0n) is 24.6. The largest absolute Gasteiger partial charge is 0.495 e. The van der Waals surface area contributed by atoms with Crippen LogP contribution in [0.3, 0.4) is 0 Å². The van der Waals surface area contributed by atoms with E-state index in [9.17, 15) is 14.4 Å². The van der Waals surface area contributed by atoms with E-state index < -0.39 is 6.04 Å². The van der Waals surface area contributed by atoms with Crippen LogP contribution in [-0.2, 0) is 16.0 Å². The van der Waals surface area contributed by atoms with Gasteiger partial charge in [-0.05, 0) is 66.3 Å². The highest BCUT2D eigenvalue weighted by Crippen LogP contribution is 2.50. The van der Waals surface area contributed by atoms with Crippen molar-refractivity contribution in [2.45, 2.75) is 38.6 Å². The van der Waals surface area contributed by atoms with E-state index in [0.29, 0.717) is 65.7 Å². The Labute approximate surface area is 245 Å². The summed E-state index contributed by atoms with van der Waals surface area (Å²) in [7, 11) is 6.23. The lowest BCUT2D eigenvalue weighted by atomic mass is 9.95. The Balaban J connectivity index is 1.62. The van der Waals surface area contributed by atoms with Crippen molar-refractivity contribution >= 4 is 23.2 Å². The summed E-state index contributed by atoms with van der Waals surface area (Å²) in [5, 5.41) is 9.05. The number of rotatable bonds is 11. The Hall–Kier alpha value is -4.73. The van der Waals surface area contributed by atoms with Crippen molar-refractivity contribution in [3.63, 3.8) is 0 Å². The number of nitrogens with one attached hydrogen (secondary N) is 3. The molecule has 0 unspecified atom stereocenters. The zero-order chi connectivity index (χ0) is 30.2. The van der Waals surface area contributed by atoms with E-state index in [0.717, 1.165) is 16.7 Å². The monoisotopic (exact) mass is 575 g/mol. The van der Waals surface area contributed by atoms with Crippen LogP contribution in [0.2, 0.25) is 0 Å². The average Bonchev–Trinajstić information content (AvgIpc) is 3.22. The lowest BCUT2D eigenvalue weighted by molar-refractivity contribution is -0.119. The zero-order valence-corrected chi connectivity index (χ0v) is 24.6. The van der Waals surface area contributed by atoms with Gasteiger partial charge < -0.3 is 34.9 Å². The molecule has 3 N–H and O–H groups in total. The first-order valence-electron chi connectivity index (χ1n) is 13.8. The van der Waals surface area contributed by atoms with Gasteiger partial charge in [0, 0.05) is 25.5 Å². The Morgan fingerprint density at radius 2 is 1.62 bits per heavy atom. The predicted molar refractivity (Wildman–Crippen MR) is 162 cm³/mol. The predicted octanol–water partition coefficient (Wildman–Crippen LogP) is 4.70. The van der Waals surface area contributed by atoms with Crippen molar-refractivity contribution in [1.29, 1.82) is 0 Å². The standard InChI is InChI=1S/C32H37N3O7/c1-19(36)34-23-14-12-20-17-28(40-3)31(41-4)32(42-5)30(20)21-13-15-24(26(37)18-22(21)23)33-16-8-11-29(38)35-25-9-6-7-10-27(25)39-2/h6-7,9-10,13,15,17-18,23H,8,11-12,14,16H2,1-5H3,(H,33,37)(H,34,36)(H,35,38)/t23-/m0/s1. The van der Waals surface area contributed by atoms with Crippen molar-refractivity contribution < 1.29 is 28.5 Å². The Morgan fingerprint density at radius 1 is 0.881 bits per heavy atom. The minimum atomic E-state index is -0.391. The van der Waals surface area contributed by atoms with Crippen molar-refractivity contribution in [2.24, 2.45) is 0 Å². The number of carbonyl (C=O) groups excluding carboxylic acids is 2. The number of methoxy groups -OCH3 is 4. The number of benzene rings is 2. The molecule has 1 aliphatic rings. The summed E-state index contributed by atoms with van der Waals surface area (Å²) in [4.78, 5) is 38.0. The van der Waals surface area contributed by atoms with E-state index in [1.165, 1.54) is 6.92 Å². The molecule has 0 aromatic heterocycles.